The fourth-order valence-electron chi connectivity index (χ4n) is 2.91. The number of fused-ring (bicyclic) bond motifs is 1. The van der Waals surface area contributed by atoms with E-state index in [0.717, 1.165) is 0 Å². The summed E-state index contributed by atoms with van der Waals surface area (Å²) in [5.41, 5.74) is 1.21. The number of ether oxygens (including phenoxy) is 2. The van der Waals surface area contributed by atoms with E-state index in [0.29, 0.717) is 27.6 Å². The molecule has 1 amide bonds. The van der Waals surface area contributed by atoms with Crippen LogP contribution in [0.15, 0.2) is 65.1 Å². The van der Waals surface area contributed by atoms with Gasteiger partial charge in [-0.3, -0.25) is 9.18 Å². The van der Waals surface area contributed by atoms with Crippen molar-refractivity contribution in [2.75, 3.05) is 11.9 Å². The minimum Gasteiger partial charge on any atom is -0.481 e. The summed E-state index contributed by atoms with van der Waals surface area (Å²) in [4.78, 5) is 18.0. The second-order valence-electron chi connectivity index (χ2n) is 6.69. The normalized spacial score (nSPS) is 11.0. The third-order valence-corrected chi connectivity index (χ3v) is 4.71. The Labute approximate surface area is 227 Å². The van der Waals surface area contributed by atoms with Crippen molar-refractivity contribution in [2.45, 2.75) is 26.9 Å². The molecule has 0 aliphatic heterocycles. The van der Waals surface area contributed by atoms with Gasteiger partial charge in [0, 0.05) is 56.7 Å². The SMILES string of the molecule is CC.C[C@@H](Oc1ccc(Oc2nc3ccc(Cl)cc3o2)cc1)C(=O)N(C)c1[c-]cccc1F.[Y]. The molecule has 9 heteroatoms. The predicted molar refractivity (Wildman–Crippen MR) is 126 cm³/mol. The fraction of sp³-hybridized carbons (Fsp3) is 0.200. The van der Waals surface area contributed by atoms with Crippen LogP contribution in [0.3, 0.4) is 0 Å². The van der Waals surface area contributed by atoms with Crippen LogP contribution < -0.4 is 14.4 Å². The van der Waals surface area contributed by atoms with Crippen molar-refractivity contribution in [1.82, 2.24) is 4.98 Å². The number of nitrogens with zero attached hydrogens (tertiary/aromatic N) is 2. The number of hydrogen-bond acceptors (Lipinski definition) is 5. The quantitative estimate of drug-likeness (QED) is 0.247. The minimum absolute atomic E-state index is 0. The Kier molecular flexibility index (Phi) is 10.5. The number of likely N-dealkylation sites (N-methyl/N-ethyl adjacent to an activating group) is 1. The average Bonchev–Trinajstić information content (AvgIpc) is 3.22. The second-order valence-corrected chi connectivity index (χ2v) is 7.13. The van der Waals surface area contributed by atoms with Crippen molar-refractivity contribution in [3.05, 3.63) is 77.6 Å². The van der Waals surface area contributed by atoms with Crippen molar-refractivity contribution in [2.24, 2.45) is 0 Å². The number of amides is 1. The van der Waals surface area contributed by atoms with Crippen LogP contribution >= 0.6 is 11.6 Å². The van der Waals surface area contributed by atoms with Crippen LogP contribution in [0.2, 0.25) is 5.02 Å². The van der Waals surface area contributed by atoms with E-state index < -0.39 is 17.8 Å². The Hall–Kier alpha value is -2.48. The van der Waals surface area contributed by atoms with E-state index in [9.17, 15) is 9.18 Å². The van der Waals surface area contributed by atoms with E-state index in [4.69, 9.17) is 25.5 Å². The van der Waals surface area contributed by atoms with Gasteiger partial charge < -0.3 is 18.8 Å². The number of halogens is 2. The average molecular weight is 559 g/mol. The van der Waals surface area contributed by atoms with Gasteiger partial charge in [-0.25, -0.2) is 0 Å². The molecule has 3 aromatic carbocycles. The first-order valence-corrected chi connectivity index (χ1v) is 10.7. The number of aromatic nitrogens is 1. The first kappa shape index (κ1) is 27.8. The minimum atomic E-state index is -0.841. The summed E-state index contributed by atoms with van der Waals surface area (Å²) in [6, 6.07) is 18.7. The Morgan fingerprint density at radius 1 is 1.15 bits per heavy atom. The molecule has 1 atom stereocenters. The number of carbonyl (C=O) groups excluding carboxylic acids is 1. The van der Waals surface area contributed by atoms with Gasteiger partial charge in [-0.2, -0.15) is 23.2 Å². The number of para-hydroxylation sites is 1. The van der Waals surface area contributed by atoms with E-state index in [-0.39, 0.29) is 44.5 Å². The maximum absolute atomic E-state index is 13.9. The first-order valence-electron chi connectivity index (χ1n) is 10.3. The zero-order valence-corrected chi connectivity index (χ0v) is 22.8. The summed E-state index contributed by atoms with van der Waals surface area (Å²) in [5, 5.41) is 0.541. The van der Waals surface area contributed by atoms with Gasteiger partial charge in [-0.15, -0.1) is 6.07 Å². The second kappa shape index (κ2) is 12.8. The number of hydrogen-bond donors (Lipinski definition) is 0. The zero-order chi connectivity index (χ0) is 24.0. The summed E-state index contributed by atoms with van der Waals surface area (Å²) in [6.45, 7) is 5.59. The summed E-state index contributed by atoms with van der Waals surface area (Å²) in [5.74, 6) is -0.0224. The van der Waals surface area contributed by atoms with Crippen molar-refractivity contribution >= 4 is 34.3 Å². The van der Waals surface area contributed by atoms with Gasteiger partial charge in [0.1, 0.15) is 17.0 Å². The first-order chi connectivity index (χ1) is 15.9. The number of carbonyl (C=O) groups is 1. The molecule has 34 heavy (non-hydrogen) atoms. The molecule has 4 rings (SSSR count). The van der Waals surface area contributed by atoms with Gasteiger partial charge in [0.05, 0.1) is 0 Å². The van der Waals surface area contributed by atoms with Gasteiger partial charge in [0.2, 0.25) is 0 Å². The summed E-state index contributed by atoms with van der Waals surface area (Å²) in [7, 11) is 1.47. The van der Waals surface area contributed by atoms with Crippen LogP contribution in [0, 0.1) is 11.9 Å². The Morgan fingerprint density at radius 2 is 1.82 bits per heavy atom. The fourth-order valence-corrected chi connectivity index (χ4v) is 3.07. The molecule has 175 valence electrons. The smallest absolute Gasteiger partial charge is 0.400 e. The summed E-state index contributed by atoms with van der Waals surface area (Å²) < 4.78 is 30.7. The number of benzene rings is 3. The van der Waals surface area contributed by atoms with Crippen LogP contribution in [0.1, 0.15) is 20.8 Å². The van der Waals surface area contributed by atoms with Gasteiger partial charge in [0.15, 0.2) is 11.7 Å². The Bertz CT molecular complexity index is 1230. The predicted octanol–water partition coefficient (Wildman–Crippen LogP) is 6.67. The molecule has 0 saturated heterocycles. The molecular formula is C25H23ClFN2O4Y-. The van der Waals surface area contributed by atoms with E-state index >= 15 is 0 Å². The van der Waals surface area contributed by atoms with E-state index in [1.165, 1.54) is 30.1 Å². The molecule has 0 aliphatic rings. The largest absolute Gasteiger partial charge is 0.481 e. The topological polar surface area (TPSA) is 64.8 Å². The monoisotopic (exact) mass is 558 g/mol. The van der Waals surface area contributed by atoms with Gasteiger partial charge >= 0.3 is 6.08 Å². The third kappa shape index (κ3) is 6.78. The Balaban J connectivity index is 0.00000133. The van der Waals surface area contributed by atoms with Crippen molar-refractivity contribution in [1.29, 1.82) is 0 Å². The molecule has 0 N–H and O–H groups in total. The molecule has 0 spiro atoms. The Morgan fingerprint density at radius 3 is 2.50 bits per heavy atom. The van der Waals surface area contributed by atoms with E-state index in [1.807, 2.05) is 13.8 Å². The molecular weight excluding hydrogens is 536 g/mol. The molecule has 4 aromatic rings. The van der Waals surface area contributed by atoms with E-state index in [1.54, 1.807) is 49.4 Å². The molecule has 1 aromatic heterocycles. The van der Waals surface area contributed by atoms with Gasteiger partial charge in [-0.1, -0.05) is 25.4 Å². The molecule has 0 saturated carbocycles. The molecule has 6 nitrogen and oxygen atoms in total. The van der Waals surface area contributed by atoms with Crippen LogP contribution in [0.5, 0.6) is 17.6 Å². The number of oxazole rings is 1. The van der Waals surface area contributed by atoms with Crippen LogP contribution in [0.25, 0.3) is 11.1 Å². The molecule has 1 heterocycles. The number of anilines is 1. The zero-order valence-electron chi connectivity index (χ0n) is 19.2. The molecule has 0 aliphatic carbocycles. The maximum atomic E-state index is 13.9. The van der Waals surface area contributed by atoms with Crippen LogP contribution in [0.4, 0.5) is 10.1 Å². The summed E-state index contributed by atoms with van der Waals surface area (Å²) >= 11 is 5.94. The maximum Gasteiger partial charge on any atom is 0.400 e. The standard InChI is InChI=1S/C23H17ClFN2O4.C2H6.Y/c1-14(22(28)27(2)20-6-4-3-5-18(20)25)29-16-8-10-17(11-9-16)30-23-26-19-12-7-15(24)13-21(19)31-23;1-2;/h3-5,7-14H,1-2H3;1-2H3;/q-1;;/t14-;;/m1../s1. The van der Waals surface area contributed by atoms with Gasteiger partial charge in [-0.05, 0) is 49.0 Å². The van der Waals surface area contributed by atoms with Crippen molar-refractivity contribution in [3.63, 3.8) is 0 Å². The van der Waals surface area contributed by atoms with Crippen molar-refractivity contribution in [3.8, 4) is 17.6 Å². The van der Waals surface area contributed by atoms with Crippen molar-refractivity contribution < 1.29 is 55.8 Å². The molecule has 0 unspecified atom stereocenters. The van der Waals surface area contributed by atoms with Crippen LogP contribution in [-0.2, 0) is 37.5 Å². The molecule has 1 radical (unpaired) electrons. The van der Waals surface area contributed by atoms with Crippen LogP contribution in [-0.4, -0.2) is 24.0 Å². The summed E-state index contributed by atoms with van der Waals surface area (Å²) in [6.07, 6.45) is -0.760. The van der Waals surface area contributed by atoms with E-state index in [2.05, 4.69) is 11.1 Å². The number of rotatable bonds is 6. The third-order valence-electron chi connectivity index (χ3n) is 4.47. The van der Waals surface area contributed by atoms with Gasteiger partial charge in [0.25, 0.3) is 5.91 Å². The molecule has 0 fully saturated rings. The molecule has 0 bridgehead atoms.